The SMILES string of the molecule is COc1cc(CN(C)C(=O)c2ccc(NS(=O)(=O)c3ccc(F)cc3)cc2)ccc1OC(F)F. The van der Waals surface area contributed by atoms with Crippen molar-refractivity contribution < 1.29 is 35.9 Å². The van der Waals surface area contributed by atoms with E-state index in [0.717, 1.165) is 24.3 Å². The fourth-order valence-corrected chi connectivity index (χ4v) is 4.14. The highest BCUT2D eigenvalue weighted by molar-refractivity contribution is 7.92. The van der Waals surface area contributed by atoms with Crippen molar-refractivity contribution in [2.45, 2.75) is 18.1 Å². The van der Waals surface area contributed by atoms with Gasteiger partial charge in [0.25, 0.3) is 15.9 Å². The van der Waals surface area contributed by atoms with Crippen LogP contribution < -0.4 is 14.2 Å². The normalized spacial score (nSPS) is 11.2. The van der Waals surface area contributed by atoms with E-state index in [4.69, 9.17) is 4.74 Å². The number of hydrogen-bond acceptors (Lipinski definition) is 5. The maximum atomic E-state index is 13.0. The van der Waals surface area contributed by atoms with Crippen molar-refractivity contribution in [2.24, 2.45) is 0 Å². The van der Waals surface area contributed by atoms with Gasteiger partial charge in [-0.1, -0.05) is 6.07 Å². The smallest absolute Gasteiger partial charge is 0.387 e. The summed E-state index contributed by atoms with van der Waals surface area (Å²) >= 11 is 0. The molecule has 7 nitrogen and oxygen atoms in total. The molecule has 0 heterocycles. The lowest BCUT2D eigenvalue weighted by atomic mass is 10.1. The summed E-state index contributed by atoms with van der Waals surface area (Å²) in [6, 6.07) is 14.5. The molecule has 0 saturated heterocycles. The Morgan fingerprint density at radius 1 is 1.00 bits per heavy atom. The number of amides is 1. The molecule has 0 aromatic heterocycles. The van der Waals surface area contributed by atoms with Gasteiger partial charge in [-0.05, 0) is 66.2 Å². The van der Waals surface area contributed by atoms with E-state index in [-0.39, 0.29) is 34.5 Å². The van der Waals surface area contributed by atoms with Gasteiger partial charge < -0.3 is 14.4 Å². The van der Waals surface area contributed by atoms with Crippen LogP contribution in [0.4, 0.5) is 18.9 Å². The summed E-state index contributed by atoms with van der Waals surface area (Å²) in [6.45, 7) is -2.84. The van der Waals surface area contributed by atoms with Gasteiger partial charge in [0, 0.05) is 24.8 Å². The number of nitrogens with one attached hydrogen (secondary N) is 1. The molecule has 0 aliphatic rings. The molecule has 0 spiro atoms. The summed E-state index contributed by atoms with van der Waals surface area (Å²) in [6.07, 6.45) is 0. The van der Waals surface area contributed by atoms with Crippen LogP contribution >= 0.6 is 0 Å². The summed E-state index contributed by atoms with van der Waals surface area (Å²) in [5.74, 6) is -0.910. The van der Waals surface area contributed by atoms with Crippen LogP contribution in [0.1, 0.15) is 15.9 Å². The fourth-order valence-electron chi connectivity index (χ4n) is 3.08. The molecule has 34 heavy (non-hydrogen) atoms. The molecule has 0 fully saturated rings. The number of alkyl halides is 2. The van der Waals surface area contributed by atoms with Crippen molar-refractivity contribution in [1.82, 2.24) is 4.90 Å². The lowest BCUT2D eigenvalue weighted by molar-refractivity contribution is -0.0512. The minimum Gasteiger partial charge on any atom is -0.493 e. The highest BCUT2D eigenvalue weighted by Crippen LogP contribution is 2.30. The first kappa shape index (κ1) is 24.9. The zero-order valence-electron chi connectivity index (χ0n) is 18.2. The second-order valence-electron chi connectivity index (χ2n) is 7.16. The number of nitrogens with zero attached hydrogens (tertiary/aromatic N) is 1. The van der Waals surface area contributed by atoms with E-state index < -0.39 is 22.5 Å². The predicted molar refractivity (Wildman–Crippen MR) is 119 cm³/mol. The number of hydrogen-bond donors (Lipinski definition) is 1. The number of rotatable bonds is 9. The molecule has 0 radical (unpaired) electrons. The Balaban J connectivity index is 1.67. The third-order valence-corrected chi connectivity index (χ3v) is 6.12. The van der Waals surface area contributed by atoms with Crippen LogP contribution in [0.15, 0.2) is 71.6 Å². The van der Waals surface area contributed by atoms with E-state index in [0.29, 0.717) is 11.1 Å². The maximum absolute atomic E-state index is 13.0. The van der Waals surface area contributed by atoms with Crippen LogP contribution in [0.25, 0.3) is 0 Å². The standard InChI is InChI=1S/C23H21F3N2O5S/c1-28(14-15-3-12-20(33-23(25)26)21(13-15)32-2)22(29)16-4-8-18(9-5-16)27-34(30,31)19-10-6-17(24)7-11-19/h3-13,23,27H,14H2,1-2H3. The molecular formula is C23H21F3N2O5S. The number of anilines is 1. The first-order valence-electron chi connectivity index (χ1n) is 9.84. The number of benzene rings is 3. The van der Waals surface area contributed by atoms with Gasteiger partial charge in [-0.3, -0.25) is 9.52 Å². The average Bonchev–Trinajstić information content (AvgIpc) is 2.79. The van der Waals surface area contributed by atoms with E-state index >= 15 is 0 Å². The van der Waals surface area contributed by atoms with Crippen LogP contribution in [0.3, 0.4) is 0 Å². The van der Waals surface area contributed by atoms with Crippen LogP contribution in [0, 0.1) is 5.82 Å². The third-order valence-electron chi connectivity index (χ3n) is 4.72. The molecule has 0 atom stereocenters. The van der Waals surface area contributed by atoms with Crippen LogP contribution in [-0.2, 0) is 16.6 Å². The zero-order valence-corrected chi connectivity index (χ0v) is 19.0. The van der Waals surface area contributed by atoms with E-state index in [2.05, 4.69) is 9.46 Å². The molecule has 0 bridgehead atoms. The Morgan fingerprint density at radius 2 is 1.65 bits per heavy atom. The second kappa shape index (κ2) is 10.5. The molecule has 0 unspecified atom stereocenters. The van der Waals surface area contributed by atoms with Crippen molar-refractivity contribution >= 4 is 21.6 Å². The molecule has 3 aromatic carbocycles. The van der Waals surface area contributed by atoms with Gasteiger partial charge in [-0.15, -0.1) is 0 Å². The number of sulfonamides is 1. The second-order valence-corrected chi connectivity index (χ2v) is 8.84. The van der Waals surface area contributed by atoms with Gasteiger partial charge in [-0.25, -0.2) is 12.8 Å². The summed E-state index contributed by atoms with van der Waals surface area (Å²) in [4.78, 5) is 14.1. The first-order chi connectivity index (χ1) is 16.1. The number of methoxy groups -OCH3 is 1. The molecular weight excluding hydrogens is 473 g/mol. The largest absolute Gasteiger partial charge is 0.493 e. The Bertz CT molecular complexity index is 1250. The molecule has 0 aliphatic heterocycles. The molecule has 0 aliphatic carbocycles. The minimum absolute atomic E-state index is 0.103. The van der Waals surface area contributed by atoms with Crippen molar-refractivity contribution in [3.05, 3.63) is 83.7 Å². The molecule has 180 valence electrons. The topological polar surface area (TPSA) is 84.9 Å². The van der Waals surface area contributed by atoms with Crippen molar-refractivity contribution in [1.29, 1.82) is 0 Å². The van der Waals surface area contributed by atoms with Crippen molar-refractivity contribution in [3.8, 4) is 11.5 Å². The van der Waals surface area contributed by atoms with Crippen molar-refractivity contribution in [3.63, 3.8) is 0 Å². The molecule has 11 heteroatoms. The van der Waals surface area contributed by atoms with E-state index in [9.17, 15) is 26.4 Å². The lowest BCUT2D eigenvalue weighted by Crippen LogP contribution is -2.26. The van der Waals surface area contributed by atoms with E-state index in [1.165, 1.54) is 54.5 Å². The number of carbonyl (C=O) groups excluding carboxylic acids is 1. The van der Waals surface area contributed by atoms with Crippen LogP contribution in [-0.4, -0.2) is 40.0 Å². The summed E-state index contributed by atoms with van der Waals surface area (Å²) in [5, 5.41) is 0. The third kappa shape index (κ3) is 6.19. The Morgan fingerprint density at radius 3 is 2.24 bits per heavy atom. The Kier molecular flexibility index (Phi) is 7.67. The van der Waals surface area contributed by atoms with Gasteiger partial charge in [0.05, 0.1) is 12.0 Å². The molecule has 3 rings (SSSR count). The van der Waals surface area contributed by atoms with E-state index in [1.54, 1.807) is 7.05 Å². The van der Waals surface area contributed by atoms with Gasteiger partial charge in [-0.2, -0.15) is 8.78 Å². The number of halogens is 3. The molecule has 1 N–H and O–H groups in total. The lowest BCUT2D eigenvalue weighted by Gasteiger charge is -2.19. The number of carbonyl (C=O) groups is 1. The van der Waals surface area contributed by atoms with E-state index in [1.807, 2.05) is 0 Å². The monoisotopic (exact) mass is 494 g/mol. The highest BCUT2D eigenvalue weighted by atomic mass is 32.2. The van der Waals surface area contributed by atoms with Crippen molar-refractivity contribution in [2.75, 3.05) is 18.9 Å². The maximum Gasteiger partial charge on any atom is 0.387 e. The van der Waals surface area contributed by atoms with Gasteiger partial charge >= 0.3 is 6.61 Å². The van der Waals surface area contributed by atoms with Gasteiger partial charge in [0.15, 0.2) is 11.5 Å². The molecule has 0 saturated carbocycles. The summed E-state index contributed by atoms with van der Waals surface area (Å²) in [7, 11) is -1.04. The van der Waals surface area contributed by atoms with Gasteiger partial charge in [0.1, 0.15) is 5.82 Å². The van der Waals surface area contributed by atoms with Gasteiger partial charge in [0.2, 0.25) is 0 Å². The summed E-state index contributed by atoms with van der Waals surface area (Å²) < 4.78 is 74.6. The van der Waals surface area contributed by atoms with Crippen LogP contribution in [0.5, 0.6) is 11.5 Å². The minimum atomic E-state index is -3.92. The number of ether oxygens (including phenoxy) is 2. The molecule has 3 aromatic rings. The average molecular weight is 494 g/mol. The molecule has 1 amide bonds. The summed E-state index contributed by atoms with van der Waals surface area (Å²) in [5.41, 5.74) is 1.15. The highest BCUT2D eigenvalue weighted by Gasteiger charge is 2.17. The Labute approximate surface area is 194 Å². The Hall–Kier alpha value is -3.73. The van der Waals surface area contributed by atoms with Crippen LogP contribution in [0.2, 0.25) is 0 Å². The zero-order chi connectivity index (χ0) is 24.9. The quantitative estimate of drug-likeness (QED) is 0.473. The fraction of sp³-hybridized carbons (Fsp3) is 0.174. The predicted octanol–water partition coefficient (Wildman–Crippen LogP) is 4.51. The first-order valence-corrected chi connectivity index (χ1v) is 11.3.